The molecule has 0 saturated heterocycles. The van der Waals surface area contributed by atoms with Crippen LogP contribution in [0.1, 0.15) is 37.8 Å². The highest BCUT2D eigenvalue weighted by molar-refractivity contribution is 5.98. The fourth-order valence-electron chi connectivity index (χ4n) is 1.86. The minimum Gasteiger partial charge on any atom is -0.324 e. The lowest BCUT2D eigenvalue weighted by Gasteiger charge is -2.24. The highest BCUT2D eigenvalue weighted by atomic mass is 19.4. The van der Waals surface area contributed by atoms with Gasteiger partial charge in [-0.2, -0.15) is 18.4 Å². The summed E-state index contributed by atoms with van der Waals surface area (Å²) in [6.07, 6.45) is -3.71. The number of anilines is 1. The second-order valence-electron chi connectivity index (χ2n) is 4.99. The van der Waals surface area contributed by atoms with Crippen molar-refractivity contribution in [2.75, 3.05) is 5.32 Å². The van der Waals surface area contributed by atoms with Gasteiger partial charge >= 0.3 is 6.18 Å². The van der Waals surface area contributed by atoms with E-state index in [4.69, 9.17) is 11.0 Å². The van der Waals surface area contributed by atoms with E-state index in [0.717, 1.165) is 6.07 Å². The molecular formula is C14H16F3N3O. The largest absolute Gasteiger partial charge is 0.418 e. The maximum absolute atomic E-state index is 13.0. The molecule has 0 bridgehead atoms. The van der Waals surface area contributed by atoms with Gasteiger partial charge in [0.2, 0.25) is 5.91 Å². The first kappa shape index (κ1) is 17.0. The summed E-state index contributed by atoms with van der Waals surface area (Å²) in [5.74, 6) is -0.695. The monoisotopic (exact) mass is 299 g/mol. The highest BCUT2D eigenvalue weighted by Gasteiger charge is 2.36. The molecule has 4 nitrogen and oxygen atoms in total. The normalized spacial score (nSPS) is 14.1. The van der Waals surface area contributed by atoms with E-state index in [1.807, 2.05) is 6.92 Å². The number of rotatable bonds is 4. The first-order chi connectivity index (χ1) is 9.61. The molecule has 3 N–H and O–H groups in total. The highest BCUT2D eigenvalue weighted by Crippen LogP contribution is 2.35. The van der Waals surface area contributed by atoms with Gasteiger partial charge in [-0.3, -0.25) is 4.79 Å². The summed E-state index contributed by atoms with van der Waals surface area (Å²) >= 11 is 0. The first-order valence-electron chi connectivity index (χ1n) is 6.33. The SMILES string of the molecule is CCCC(C)(N)C(=O)Nc1ccc(C#N)cc1C(F)(F)F. The van der Waals surface area contributed by atoms with Crippen molar-refractivity contribution in [3.05, 3.63) is 29.3 Å². The summed E-state index contributed by atoms with van der Waals surface area (Å²) in [6.45, 7) is 3.28. The van der Waals surface area contributed by atoms with Gasteiger partial charge in [0.25, 0.3) is 0 Å². The molecule has 1 amide bonds. The van der Waals surface area contributed by atoms with Gasteiger partial charge in [0, 0.05) is 0 Å². The molecule has 1 rings (SSSR count). The van der Waals surface area contributed by atoms with Gasteiger partial charge in [0.05, 0.1) is 28.4 Å². The quantitative estimate of drug-likeness (QED) is 0.897. The average molecular weight is 299 g/mol. The van der Waals surface area contributed by atoms with Gasteiger partial charge in [0.1, 0.15) is 0 Å². The van der Waals surface area contributed by atoms with Gasteiger partial charge in [0.15, 0.2) is 0 Å². The van der Waals surface area contributed by atoms with Crippen molar-refractivity contribution in [3.63, 3.8) is 0 Å². The Hall–Kier alpha value is -2.07. The van der Waals surface area contributed by atoms with Crippen molar-refractivity contribution < 1.29 is 18.0 Å². The van der Waals surface area contributed by atoms with E-state index in [2.05, 4.69) is 5.32 Å². The summed E-state index contributed by atoms with van der Waals surface area (Å²) in [6, 6.07) is 4.59. The van der Waals surface area contributed by atoms with Crippen molar-refractivity contribution in [1.82, 2.24) is 0 Å². The van der Waals surface area contributed by atoms with Crippen LogP contribution in [0, 0.1) is 11.3 Å². The zero-order valence-electron chi connectivity index (χ0n) is 11.7. The Bertz CT molecular complexity index is 574. The van der Waals surface area contributed by atoms with Crippen LogP contribution in [0.4, 0.5) is 18.9 Å². The van der Waals surface area contributed by atoms with E-state index in [-0.39, 0.29) is 5.56 Å². The van der Waals surface area contributed by atoms with Crippen molar-refractivity contribution in [2.45, 2.75) is 38.4 Å². The summed E-state index contributed by atoms with van der Waals surface area (Å²) in [5, 5.41) is 10.9. The van der Waals surface area contributed by atoms with E-state index >= 15 is 0 Å². The summed E-state index contributed by atoms with van der Waals surface area (Å²) in [5.41, 5.74) is 2.92. The number of hydrogen-bond donors (Lipinski definition) is 2. The molecule has 1 atom stereocenters. The summed E-state index contributed by atoms with van der Waals surface area (Å²) < 4.78 is 38.9. The molecule has 1 unspecified atom stereocenters. The molecule has 1 aromatic rings. The predicted molar refractivity (Wildman–Crippen MR) is 72.3 cm³/mol. The van der Waals surface area contributed by atoms with E-state index in [1.54, 1.807) is 6.07 Å². The van der Waals surface area contributed by atoms with Gasteiger partial charge in [-0.15, -0.1) is 0 Å². The second-order valence-corrected chi connectivity index (χ2v) is 4.99. The number of halogens is 3. The maximum atomic E-state index is 13.0. The van der Waals surface area contributed by atoms with Crippen LogP contribution in [0.15, 0.2) is 18.2 Å². The van der Waals surface area contributed by atoms with E-state index in [1.165, 1.54) is 13.0 Å². The predicted octanol–water partition coefficient (Wildman–Crippen LogP) is 3.03. The van der Waals surface area contributed by atoms with E-state index < -0.39 is 28.9 Å². The Morgan fingerprint density at radius 1 is 1.43 bits per heavy atom. The van der Waals surface area contributed by atoms with Crippen LogP contribution in [-0.4, -0.2) is 11.4 Å². The molecule has 0 radical (unpaired) electrons. The summed E-state index contributed by atoms with van der Waals surface area (Å²) in [7, 11) is 0. The van der Waals surface area contributed by atoms with Crippen LogP contribution in [0.2, 0.25) is 0 Å². The molecule has 0 heterocycles. The number of nitrogens with zero attached hydrogens (tertiary/aromatic N) is 1. The smallest absolute Gasteiger partial charge is 0.324 e. The number of benzene rings is 1. The topological polar surface area (TPSA) is 78.9 Å². The number of amides is 1. The Labute approximate surface area is 120 Å². The number of nitrogens with one attached hydrogen (secondary N) is 1. The van der Waals surface area contributed by atoms with Crippen molar-refractivity contribution in [1.29, 1.82) is 5.26 Å². The van der Waals surface area contributed by atoms with Crippen LogP contribution in [-0.2, 0) is 11.0 Å². The molecule has 0 fully saturated rings. The maximum Gasteiger partial charge on any atom is 0.418 e. The molecule has 1 aromatic carbocycles. The molecule has 0 spiro atoms. The van der Waals surface area contributed by atoms with Crippen LogP contribution >= 0.6 is 0 Å². The Balaban J connectivity index is 3.15. The Kier molecular flexibility index (Phi) is 4.97. The molecule has 114 valence electrons. The number of hydrogen-bond acceptors (Lipinski definition) is 3. The van der Waals surface area contributed by atoms with Crippen LogP contribution in [0.25, 0.3) is 0 Å². The third-order valence-electron chi connectivity index (χ3n) is 2.99. The van der Waals surface area contributed by atoms with Gasteiger partial charge in [-0.1, -0.05) is 13.3 Å². The number of alkyl halides is 3. The van der Waals surface area contributed by atoms with Crippen LogP contribution < -0.4 is 11.1 Å². The minimum atomic E-state index is -4.68. The van der Waals surface area contributed by atoms with Gasteiger partial charge in [-0.05, 0) is 31.5 Å². The number of nitriles is 1. The zero-order valence-corrected chi connectivity index (χ0v) is 11.7. The van der Waals surface area contributed by atoms with Crippen LogP contribution in [0.5, 0.6) is 0 Å². The fourth-order valence-corrected chi connectivity index (χ4v) is 1.86. The molecular weight excluding hydrogens is 283 g/mol. The minimum absolute atomic E-state index is 0.135. The lowest BCUT2D eigenvalue weighted by atomic mass is 9.96. The number of carbonyl (C=O) groups is 1. The molecule has 7 heteroatoms. The standard InChI is InChI=1S/C14H16F3N3O/c1-3-6-13(2,19)12(21)20-11-5-4-9(8-18)7-10(11)14(15,16)17/h4-5,7H,3,6,19H2,1-2H3,(H,20,21). The lowest BCUT2D eigenvalue weighted by molar-refractivity contribution is -0.137. The zero-order chi connectivity index (χ0) is 16.3. The molecule has 21 heavy (non-hydrogen) atoms. The third-order valence-corrected chi connectivity index (χ3v) is 2.99. The van der Waals surface area contributed by atoms with Crippen molar-refractivity contribution in [3.8, 4) is 6.07 Å². The van der Waals surface area contributed by atoms with Gasteiger partial charge < -0.3 is 11.1 Å². The molecule has 0 aliphatic carbocycles. The molecule has 0 aromatic heterocycles. The summed E-state index contributed by atoms with van der Waals surface area (Å²) in [4.78, 5) is 12.0. The fraction of sp³-hybridized carbons (Fsp3) is 0.429. The lowest BCUT2D eigenvalue weighted by Crippen LogP contribution is -2.48. The average Bonchev–Trinajstić information content (AvgIpc) is 2.37. The van der Waals surface area contributed by atoms with Crippen molar-refractivity contribution >= 4 is 11.6 Å². The first-order valence-corrected chi connectivity index (χ1v) is 6.33. The second kappa shape index (κ2) is 6.14. The van der Waals surface area contributed by atoms with E-state index in [9.17, 15) is 18.0 Å². The van der Waals surface area contributed by atoms with Crippen molar-refractivity contribution in [2.24, 2.45) is 5.73 Å². The van der Waals surface area contributed by atoms with E-state index in [0.29, 0.717) is 18.9 Å². The Morgan fingerprint density at radius 2 is 2.05 bits per heavy atom. The molecule has 0 aliphatic rings. The number of carbonyl (C=O) groups excluding carboxylic acids is 1. The van der Waals surface area contributed by atoms with Crippen LogP contribution in [0.3, 0.4) is 0 Å². The Morgan fingerprint density at radius 3 is 2.52 bits per heavy atom. The molecule has 0 saturated carbocycles. The third kappa shape index (κ3) is 4.20. The number of nitrogens with two attached hydrogens (primary N) is 1. The molecule has 0 aliphatic heterocycles. The van der Waals surface area contributed by atoms with Gasteiger partial charge in [-0.25, -0.2) is 0 Å².